The average Bonchev–Trinajstić information content (AvgIpc) is 3.00. The van der Waals surface area contributed by atoms with Gasteiger partial charge in [0.15, 0.2) is 0 Å². The van der Waals surface area contributed by atoms with Crippen molar-refractivity contribution in [1.82, 2.24) is 10.2 Å². The molecule has 1 unspecified atom stereocenters. The van der Waals surface area contributed by atoms with Crippen LogP contribution in [-0.2, 0) is 32.6 Å². The van der Waals surface area contributed by atoms with Gasteiger partial charge >= 0.3 is 0 Å². The Morgan fingerprint density at radius 3 is 2.09 bits per heavy atom. The lowest BCUT2D eigenvalue weighted by atomic mass is 10.0. The van der Waals surface area contributed by atoms with Crippen molar-refractivity contribution in [2.75, 3.05) is 10.8 Å². The second-order valence-electron chi connectivity index (χ2n) is 12.0. The van der Waals surface area contributed by atoms with E-state index in [1.165, 1.54) is 23.1 Å². The smallest absolute Gasteiger partial charge is 0.264 e. The number of halogens is 3. The highest BCUT2D eigenvalue weighted by Crippen LogP contribution is 2.36. The highest BCUT2D eigenvalue weighted by Gasteiger charge is 2.36. The van der Waals surface area contributed by atoms with Crippen LogP contribution in [0, 0.1) is 6.92 Å². The molecule has 0 spiro atoms. The fourth-order valence-corrected chi connectivity index (χ4v) is 6.97. The summed E-state index contributed by atoms with van der Waals surface area (Å²) in [6.45, 7) is 6.85. The largest absolute Gasteiger partial charge is 0.350 e. The van der Waals surface area contributed by atoms with E-state index >= 15 is 0 Å². The maximum absolute atomic E-state index is 14.6. The lowest BCUT2D eigenvalue weighted by Gasteiger charge is -2.35. The molecule has 0 aliphatic rings. The van der Waals surface area contributed by atoms with Crippen molar-refractivity contribution in [2.45, 2.75) is 57.1 Å². The molecule has 4 aromatic rings. The van der Waals surface area contributed by atoms with Gasteiger partial charge in [0.05, 0.1) is 20.6 Å². The molecule has 242 valence electrons. The Bertz CT molecular complexity index is 1780. The first-order valence-electron chi connectivity index (χ1n) is 14.6. The first-order chi connectivity index (χ1) is 21.7. The van der Waals surface area contributed by atoms with Gasteiger partial charge in [-0.1, -0.05) is 105 Å². The highest BCUT2D eigenvalue weighted by atomic mass is 79.9. The number of hydrogen-bond acceptors (Lipinski definition) is 4. The predicted molar refractivity (Wildman–Crippen MR) is 189 cm³/mol. The Morgan fingerprint density at radius 2 is 1.48 bits per heavy atom. The summed E-state index contributed by atoms with van der Waals surface area (Å²) in [5.74, 6) is -0.963. The lowest BCUT2D eigenvalue weighted by Crippen LogP contribution is -2.56. The first-order valence-corrected chi connectivity index (χ1v) is 17.6. The van der Waals surface area contributed by atoms with Crippen LogP contribution in [0.25, 0.3) is 0 Å². The van der Waals surface area contributed by atoms with Gasteiger partial charge in [0.1, 0.15) is 12.6 Å². The summed E-state index contributed by atoms with van der Waals surface area (Å²) in [6.07, 6.45) is 0.202. The van der Waals surface area contributed by atoms with Crippen molar-refractivity contribution in [3.63, 3.8) is 0 Å². The minimum Gasteiger partial charge on any atom is -0.350 e. The van der Waals surface area contributed by atoms with Gasteiger partial charge in [-0.15, -0.1) is 0 Å². The third-order valence-electron chi connectivity index (χ3n) is 7.12. The molecule has 7 nitrogen and oxygen atoms in total. The molecule has 11 heteroatoms. The summed E-state index contributed by atoms with van der Waals surface area (Å²) >= 11 is 16.4. The maximum atomic E-state index is 14.6. The van der Waals surface area contributed by atoms with Crippen LogP contribution in [-0.4, -0.2) is 43.3 Å². The van der Waals surface area contributed by atoms with Crippen molar-refractivity contribution in [3.8, 4) is 0 Å². The molecule has 0 bridgehead atoms. The Balaban J connectivity index is 1.84. The summed E-state index contributed by atoms with van der Waals surface area (Å²) in [4.78, 5) is 30.0. The van der Waals surface area contributed by atoms with E-state index < -0.39 is 34.1 Å². The zero-order valence-electron chi connectivity index (χ0n) is 26.0. The average molecular weight is 746 g/mol. The molecule has 0 saturated heterocycles. The van der Waals surface area contributed by atoms with Crippen LogP contribution in [0.4, 0.5) is 5.69 Å². The molecule has 1 N–H and O–H groups in total. The molecule has 46 heavy (non-hydrogen) atoms. The molecule has 0 aliphatic heterocycles. The van der Waals surface area contributed by atoms with E-state index in [9.17, 15) is 18.0 Å². The zero-order chi connectivity index (χ0) is 33.6. The van der Waals surface area contributed by atoms with Crippen molar-refractivity contribution < 1.29 is 18.0 Å². The van der Waals surface area contributed by atoms with Gasteiger partial charge in [-0.25, -0.2) is 8.42 Å². The van der Waals surface area contributed by atoms with Crippen LogP contribution in [0.2, 0.25) is 10.0 Å². The van der Waals surface area contributed by atoms with Gasteiger partial charge in [0.25, 0.3) is 10.0 Å². The minimum atomic E-state index is -4.31. The normalized spacial score (nSPS) is 12.3. The summed E-state index contributed by atoms with van der Waals surface area (Å²) in [5, 5.41) is 3.14. The number of hydrogen-bond donors (Lipinski definition) is 1. The number of amides is 2. The SMILES string of the molecule is Cc1ccc(S(=O)(=O)N(CC(=O)N(Cc2ccc(Br)cc2)C(Cc2ccccc2)C(=O)NC(C)(C)C)c2cccc(Cl)c2Cl)cc1. The van der Waals surface area contributed by atoms with Crippen molar-refractivity contribution >= 4 is 66.7 Å². The van der Waals surface area contributed by atoms with Gasteiger partial charge in [0.2, 0.25) is 11.8 Å². The molecule has 1 atom stereocenters. The number of sulfonamides is 1. The number of benzene rings is 4. The number of carbonyl (C=O) groups is 2. The lowest BCUT2D eigenvalue weighted by molar-refractivity contribution is -0.140. The van der Waals surface area contributed by atoms with E-state index in [4.69, 9.17) is 23.2 Å². The quantitative estimate of drug-likeness (QED) is 0.170. The second kappa shape index (κ2) is 15.0. The van der Waals surface area contributed by atoms with Gasteiger partial charge in [-0.05, 0) is 75.2 Å². The van der Waals surface area contributed by atoms with Crippen molar-refractivity contribution in [3.05, 3.63) is 128 Å². The minimum absolute atomic E-state index is 0.0153. The molecule has 0 fully saturated rings. The summed E-state index contributed by atoms with van der Waals surface area (Å²) < 4.78 is 30.2. The zero-order valence-corrected chi connectivity index (χ0v) is 29.9. The first kappa shape index (κ1) is 35.5. The van der Waals surface area contributed by atoms with Gasteiger partial charge in [0, 0.05) is 23.0 Å². The van der Waals surface area contributed by atoms with Gasteiger partial charge < -0.3 is 10.2 Å². The van der Waals surface area contributed by atoms with Crippen LogP contribution in [0.1, 0.15) is 37.5 Å². The van der Waals surface area contributed by atoms with Crippen LogP contribution in [0.15, 0.2) is 106 Å². The molecule has 4 rings (SSSR count). The number of nitrogens with one attached hydrogen (secondary N) is 1. The van der Waals surface area contributed by atoms with Crippen molar-refractivity contribution in [2.24, 2.45) is 0 Å². The van der Waals surface area contributed by atoms with Crippen LogP contribution < -0.4 is 9.62 Å². The van der Waals surface area contributed by atoms with Crippen LogP contribution in [0.5, 0.6) is 0 Å². The topological polar surface area (TPSA) is 86.8 Å². The Kier molecular flexibility index (Phi) is 11.6. The molecule has 2 amide bonds. The highest BCUT2D eigenvalue weighted by molar-refractivity contribution is 9.10. The molecular weight excluding hydrogens is 709 g/mol. The molecule has 0 aliphatic carbocycles. The fraction of sp³-hybridized carbons (Fsp3) is 0.257. The Labute approximate surface area is 289 Å². The number of carbonyl (C=O) groups excluding carboxylic acids is 2. The molecular formula is C35H36BrCl2N3O4S. The summed E-state index contributed by atoms with van der Waals surface area (Å²) in [7, 11) is -4.31. The summed E-state index contributed by atoms with van der Waals surface area (Å²) in [5.41, 5.74) is 1.93. The number of rotatable bonds is 11. The number of nitrogens with zero attached hydrogens (tertiary/aromatic N) is 2. The Morgan fingerprint density at radius 1 is 0.848 bits per heavy atom. The molecule has 0 heterocycles. The van der Waals surface area contributed by atoms with Crippen LogP contribution >= 0.6 is 39.1 Å². The van der Waals surface area contributed by atoms with E-state index in [2.05, 4.69) is 21.2 Å². The second-order valence-corrected chi connectivity index (χ2v) is 15.6. The molecule has 0 aromatic heterocycles. The third kappa shape index (κ3) is 9.12. The number of anilines is 1. The molecule has 4 aromatic carbocycles. The molecule has 0 saturated carbocycles. The Hall–Kier alpha value is -3.37. The van der Waals surface area contributed by atoms with E-state index in [0.29, 0.717) is 0 Å². The number of aryl methyl sites for hydroxylation is 1. The van der Waals surface area contributed by atoms with E-state index in [1.54, 1.807) is 24.3 Å². The molecule has 0 radical (unpaired) electrons. The van der Waals surface area contributed by atoms with Gasteiger partial charge in [-0.3, -0.25) is 13.9 Å². The monoisotopic (exact) mass is 743 g/mol. The van der Waals surface area contributed by atoms with Gasteiger partial charge in [-0.2, -0.15) is 0 Å². The maximum Gasteiger partial charge on any atom is 0.264 e. The summed E-state index contributed by atoms with van der Waals surface area (Å²) in [6, 6.07) is 26.7. The van der Waals surface area contributed by atoms with E-state index in [0.717, 1.165) is 25.5 Å². The van der Waals surface area contributed by atoms with Crippen molar-refractivity contribution in [1.29, 1.82) is 0 Å². The standard InChI is InChI=1S/C35H36BrCl2N3O4S/c1-24-13-19-28(20-14-24)46(44,45)41(30-12-8-11-29(37)33(30)38)23-32(42)40(22-26-15-17-27(36)18-16-26)31(34(43)39-35(2,3)4)21-25-9-6-5-7-10-25/h5-20,31H,21-23H2,1-4H3,(H,39,43). The van der Waals surface area contributed by atoms with E-state index in [1.807, 2.05) is 82.3 Å². The predicted octanol–water partition coefficient (Wildman–Crippen LogP) is 7.81. The fourth-order valence-electron chi connectivity index (χ4n) is 4.83. The van der Waals surface area contributed by atoms with E-state index in [-0.39, 0.29) is 39.5 Å². The third-order valence-corrected chi connectivity index (χ3v) is 10.2. The van der Waals surface area contributed by atoms with Crippen LogP contribution in [0.3, 0.4) is 0 Å².